The number of anilines is 4. The van der Waals surface area contributed by atoms with Gasteiger partial charge in [-0.2, -0.15) is 0 Å². The van der Waals surface area contributed by atoms with Crippen LogP contribution in [0.4, 0.5) is 22.7 Å². The first-order valence-electron chi connectivity index (χ1n) is 17.0. The van der Waals surface area contributed by atoms with Crippen molar-refractivity contribution in [3.05, 3.63) is 120 Å². The van der Waals surface area contributed by atoms with Gasteiger partial charge in [-0.3, -0.25) is 5.32 Å². The minimum atomic E-state index is -1.93. The molecule has 0 saturated heterocycles. The lowest BCUT2D eigenvalue weighted by molar-refractivity contribution is -0.407. The molecule has 1 unspecified atom stereocenters. The second-order valence-corrected chi connectivity index (χ2v) is 14.8. The molecule has 1 atom stereocenters. The lowest BCUT2D eigenvalue weighted by atomic mass is 9.87. The second-order valence-electron chi connectivity index (χ2n) is 14.8. The van der Waals surface area contributed by atoms with Crippen molar-refractivity contribution < 1.29 is 24.0 Å². The van der Waals surface area contributed by atoms with Gasteiger partial charge in [0.2, 0.25) is 0 Å². The van der Waals surface area contributed by atoms with Crippen molar-refractivity contribution in [2.24, 2.45) is 0 Å². The van der Waals surface area contributed by atoms with E-state index in [0.29, 0.717) is 45.7 Å². The highest BCUT2D eigenvalue weighted by Gasteiger charge is 2.47. The number of ether oxygens (including phenoxy) is 3. The van der Waals surface area contributed by atoms with E-state index >= 15 is 0 Å². The average Bonchev–Trinajstić information content (AvgIpc) is 3.47. The second kappa shape index (κ2) is 12.8. The molecule has 0 saturated carbocycles. The van der Waals surface area contributed by atoms with Gasteiger partial charge in [0.15, 0.2) is 24.0 Å². The summed E-state index contributed by atoms with van der Waals surface area (Å²) in [6.45, 7) is 13.0. The fourth-order valence-electron chi connectivity index (χ4n) is 6.03. The van der Waals surface area contributed by atoms with Crippen molar-refractivity contribution in [1.82, 2.24) is 0 Å². The van der Waals surface area contributed by atoms with Gasteiger partial charge in [-0.15, -0.1) is 0 Å². The Bertz CT molecular complexity index is 2240. The first-order valence-corrected chi connectivity index (χ1v) is 17.0. The van der Waals surface area contributed by atoms with E-state index < -0.39 is 6.10 Å². The molecule has 0 fully saturated rings. The van der Waals surface area contributed by atoms with E-state index in [4.69, 9.17) is 35.5 Å². The van der Waals surface area contributed by atoms with Crippen LogP contribution in [0.25, 0.3) is 21.5 Å². The summed E-state index contributed by atoms with van der Waals surface area (Å²) in [5.74, 6) is 1.85. The number of nitrogens with two attached hydrogens (primary N) is 2. The molecule has 0 bridgehead atoms. The SMILES string of the molecule is CC(C)(C)c1ccc(OOC2(Oc3ccc4ccccc4c3N)Nc3cc(C(C)(C)C)ccc3O2)c(NCOc2ccc3ccccc3c2N)c1. The Labute approximate surface area is 298 Å². The molecule has 0 spiro atoms. The van der Waals surface area contributed by atoms with Crippen LogP contribution in [0.3, 0.4) is 0 Å². The van der Waals surface area contributed by atoms with Crippen LogP contribution < -0.4 is 41.2 Å². The Kier molecular flexibility index (Phi) is 8.47. The summed E-state index contributed by atoms with van der Waals surface area (Å²) in [4.78, 5) is 12.3. The number of hydrogen-bond acceptors (Lipinski definition) is 9. The first kappa shape index (κ1) is 33.7. The topological polar surface area (TPSA) is 122 Å². The number of fused-ring (bicyclic) bond motifs is 3. The van der Waals surface area contributed by atoms with Gasteiger partial charge in [-0.1, -0.05) is 119 Å². The Balaban J connectivity index is 1.18. The molecule has 0 aromatic heterocycles. The first-order chi connectivity index (χ1) is 24.3. The number of nitrogens with one attached hydrogen (secondary N) is 2. The number of benzene rings is 6. The Morgan fingerprint density at radius 2 is 1.24 bits per heavy atom. The molecule has 6 aromatic rings. The third-order valence-electron chi connectivity index (χ3n) is 9.06. The smallest absolute Gasteiger partial charge is 0.471 e. The van der Waals surface area contributed by atoms with Gasteiger partial charge in [0.05, 0.1) is 22.7 Å². The average molecular weight is 685 g/mol. The van der Waals surface area contributed by atoms with Gasteiger partial charge in [0, 0.05) is 10.8 Å². The summed E-state index contributed by atoms with van der Waals surface area (Å²) in [7, 11) is 0. The van der Waals surface area contributed by atoms with Crippen LogP contribution in [0.2, 0.25) is 0 Å². The van der Waals surface area contributed by atoms with Crippen molar-refractivity contribution >= 4 is 44.3 Å². The van der Waals surface area contributed by atoms with Crippen LogP contribution in [-0.4, -0.2) is 12.8 Å². The van der Waals surface area contributed by atoms with E-state index in [1.807, 2.05) is 103 Å². The third kappa shape index (κ3) is 6.85. The predicted molar refractivity (Wildman–Crippen MR) is 205 cm³/mol. The highest BCUT2D eigenvalue weighted by Crippen LogP contribution is 2.43. The maximum atomic E-state index is 6.64. The fraction of sp³-hybridized carbons (Fsp3) is 0.238. The summed E-state index contributed by atoms with van der Waals surface area (Å²) in [6, 6.07) is 35.1. The lowest BCUT2D eigenvalue weighted by Gasteiger charge is -2.28. The minimum absolute atomic E-state index is 0.0993. The molecule has 51 heavy (non-hydrogen) atoms. The van der Waals surface area contributed by atoms with Crippen molar-refractivity contribution in [2.75, 3.05) is 28.8 Å². The third-order valence-corrected chi connectivity index (χ3v) is 9.06. The van der Waals surface area contributed by atoms with Crippen LogP contribution in [0.15, 0.2) is 109 Å². The molecule has 6 aromatic carbocycles. The van der Waals surface area contributed by atoms with Gasteiger partial charge in [-0.25, -0.2) is 0 Å². The molecule has 262 valence electrons. The van der Waals surface area contributed by atoms with Gasteiger partial charge >= 0.3 is 6.10 Å². The van der Waals surface area contributed by atoms with Gasteiger partial charge in [0.1, 0.15) is 5.75 Å². The molecule has 0 amide bonds. The molecular weight excluding hydrogens is 640 g/mol. The standard InChI is InChI=1S/C42H44N4O5/c1-40(2,3)28-18-22-35(32(23-28)45-25-47-36-19-15-26-11-7-9-13-30(26)38(36)43)50-51-42(46-33-24-29(41(4,5)6)17-21-34(33)48-42)49-37-20-16-27-12-8-10-14-31(27)39(37)44/h7-24,45-46H,25,43-44H2,1-6H3. The Morgan fingerprint density at radius 1 is 0.667 bits per heavy atom. The lowest BCUT2D eigenvalue weighted by Crippen LogP contribution is -2.50. The van der Waals surface area contributed by atoms with Crippen molar-refractivity contribution in [2.45, 2.75) is 58.5 Å². The Morgan fingerprint density at radius 3 is 1.90 bits per heavy atom. The highest BCUT2D eigenvalue weighted by atomic mass is 17.3. The van der Waals surface area contributed by atoms with Gasteiger partial charge < -0.3 is 35.9 Å². The molecule has 6 N–H and O–H groups in total. The number of nitrogen functional groups attached to an aromatic ring is 2. The zero-order valence-electron chi connectivity index (χ0n) is 29.8. The predicted octanol–water partition coefficient (Wildman–Crippen LogP) is 9.71. The largest absolute Gasteiger partial charge is 0.505 e. The monoisotopic (exact) mass is 684 g/mol. The molecule has 0 radical (unpaired) electrons. The molecule has 0 aliphatic carbocycles. The summed E-state index contributed by atoms with van der Waals surface area (Å²) >= 11 is 0. The fourth-order valence-corrected chi connectivity index (χ4v) is 6.03. The van der Waals surface area contributed by atoms with Crippen LogP contribution in [0, 0.1) is 0 Å². The molecule has 7 rings (SSSR count). The maximum absolute atomic E-state index is 6.64. The van der Waals surface area contributed by atoms with E-state index in [-0.39, 0.29) is 17.6 Å². The van der Waals surface area contributed by atoms with E-state index in [1.165, 1.54) is 0 Å². The number of rotatable bonds is 9. The number of hydrogen-bond donors (Lipinski definition) is 4. The molecule has 9 heteroatoms. The summed E-state index contributed by atoms with van der Waals surface area (Å²) < 4.78 is 19.0. The van der Waals surface area contributed by atoms with Crippen LogP contribution in [0.1, 0.15) is 52.7 Å². The summed E-state index contributed by atoms with van der Waals surface area (Å²) in [5.41, 5.74) is 17.4. The van der Waals surface area contributed by atoms with E-state index in [2.05, 4.69) is 52.2 Å². The molecule has 1 aliphatic rings. The molecule has 1 aliphatic heterocycles. The normalized spacial score (nSPS) is 15.6. The zero-order valence-corrected chi connectivity index (χ0v) is 29.8. The van der Waals surface area contributed by atoms with E-state index in [0.717, 1.165) is 32.7 Å². The highest BCUT2D eigenvalue weighted by molar-refractivity contribution is 5.96. The molecule has 1 heterocycles. The van der Waals surface area contributed by atoms with Crippen LogP contribution in [0.5, 0.6) is 23.0 Å². The van der Waals surface area contributed by atoms with Gasteiger partial charge in [0.25, 0.3) is 0 Å². The van der Waals surface area contributed by atoms with E-state index in [1.54, 1.807) is 6.07 Å². The zero-order chi connectivity index (χ0) is 36.0. The van der Waals surface area contributed by atoms with Crippen LogP contribution >= 0.6 is 0 Å². The molecular formula is C42H44N4O5. The minimum Gasteiger partial charge on any atom is -0.471 e. The molecule has 9 nitrogen and oxygen atoms in total. The summed E-state index contributed by atoms with van der Waals surface area (Å²) in [5, 5.41) is 10.4. The van der Waals surface area contributed by atoms with Crippen LogP contribution in [-0.2, 0) is 15.7 Å². The van der Waals surface area contributed by atoms with Gasteiger partial charge in [-0.05, 0) is 69.1 Å². The quantitative estimate of drug-likeness (QED) is 0.0510. The van der Waals surface area contributed by atoms with Crippen molar-refractivity contribution in [3.63, 3.8) is 0 Å². The summed E-state index contributed by atoms with van der Waals surface area (Å²) in [6.07, 6.45) is -1.93. The maximum Gasteiger partial charge on any atom is 0.505 e. The Hall–Kier alpha value is -5.80. The van der Waals surface area contributed by atoms with E-state index in [9.17, 15) is 0 Å². The van der Waals surface area contributed by atoms with Crippen molar-refractivity contribution in [1.29, 1.82) is 0 Å². The van der Waals surface area contributed by atoms with Crippen molar-refractivity contribution in [3.8, 4) is 23.0 Å².